The van der Waals surface area contributed by atoms with Crippen LogP contribution in [0.3, 0.4) is 0 Å². The largest absolute Gasteiger partial charge is 0.451 e. The highest BCUT2D eigenvalue weighted by Crippen LogP contribution is 2.27. The topological polar surface area (TPSA) is 80.6 Å². The van der Waals surface area contributed by atoms with E-state index in [0.717, 1.165) is 5.39 Å². The zero-order chi connectivity index (χ0) is 19.4. The molecule has 0 saturated heterocycles. The fraction of sp³-hybridized carbons (Fsp3) is 0.238. The van der Waals surface area contributed by atoms with Crippen molar-refractivity contribution in [1.82, 2.24) is 0 Å². The van der Waals surface area contributed by atoms with Gasteiger partial charge in [0.05, 0.1) is 6.61 Å². The van der Waals surface area contributed by atoms with Gasteiger partial charge in [0.2, 0.25) is 5.91 Å². The number of carbonyl (C=O) groups excluding carboxylic acids is 2. The second kappa shape index (κ2) is 8.05. The minimum atomic E-state index is -0.350. The zero-order valence-corrected chi connectivity index (χ0v) is 15.5. The molecule has 0 bridgehead atoms. The van der Waals surface area contributed by atoms with E-state index < -0.39 is 0 Å². The second-order valence-corrected chi connectivity index (χ2v) is 6.51. The number of fused-ring (bicyclic) bond motifs is 1. The number of methoxy groups -OCH3 is 1. The van der Waals surface area contributed by atoms with Crippen molar-refractivity contribution in [3.8, 4) is 0 Å². The van der Waals surface area contributed by atoms with Crippen molar-refractivity contribution in [2.24, 2.45) is 5.92 Å². The summed E-state index contributed by atoms with van der Waals surface area (Å²) < 4.78 is 11.0. The number of carbonyl (C=O) groups is 2. The highest BCUT2D eigenvalue weighted by molar-refractivity contribution is 6.06. The molecular weight excluding hydrogens is 344 g/mol. The van der Waals surface area contributed by atoms with Crippen LogP contribution in [0, 0.1) is 5.92 Å². The molecule has 6 heteroatoms. The summed E-state index contributed by atoms with van der Waals surface area (Å²) in [6, 6.07) is 14.4. The minimum absolute atomic E-state index is 0.0572. The molecule has 0 radical (unpaired) electrons. The average Bonchev–Trinajstić information content (AvgIpc) is 3.02. The van der Waals surface area contributed by atoms with E-state index in [1.54, 1.807) is 31.4 Å². The number of benzene rings is 2. The first-order valence-electron chi connectivity index (χ1n) is 8.71. The van der Waals surface area contributed by atoms with Crippen LogP contribution in [0.25, 0.3) is 11.0 Å². The summed E-state index contributed by atoms with van der Waals surface area (Å²) in [6.07, 6.45) is 0. The third-order valence-corrected chi connectivity index (χ3v) is 4.13. The maximum absolute atomic E-state index is 12.7. The summed E-state index contributed by atoms with van der Waals surface area (Å²) in [5, 5.41) is 6.49. The molecule has 0 fully saturated rings. The van der Waals surface area contributed by atoms with Crippen LogP contribution in [-0.2, 0) is 16.1 Å². The highest BCUT2D eigenvalue weighted by atomic mass is 16.5. The van der Waals surface area contributed by atoms with Gasteiger partial charge in [-0.1, -0.05) is 32.0 Å². The Labute approximate surface area is 157 Å². The van der Waals surface area contributed by atoms with E-state index in [9.17, 15) is 9.59 Å². The molecule has 6 nitrogen and oxygen atoms in total. The van der Waals surface area contributed by atoms with Crippen LogP contribution in [0.4, 0.5) is 11.4 Å². The molecule has 2 aromatic carbocycles. The first-order valence-corrected chi connectivity index (χ1v) is 8.71. The van der Waals surface area contributed by atoms with Gasteiger partial charge in [0.25, 0.3) is 5.91 Å². The Morgan fingerprint density at radius 2 is 1.63 bits per heavy atom. The van der Waals surface area contributed by atoms with Gasteiger partial charge in [-0.2, -0.15) is 0 Å². The fourth-order valence-electron chi connectivity index (χ4n) is 2.68. The molecule has 1 heterocycles. The van der Waals surface area contributed by atoms with Crippen molar-refractivity contribution in [2.75, 3.05) is 17.7 Å². The quantitative estimate of drug-likeness (QED) is 0.676. The van der Waals surface area contributed by atoms with Crippen molar-refractivity contribution in [1.29, 1.82) is 0 Å². The van der Waals surface area contributed by atoms with Gasteiger partial charge >= 0.3 is 0 Å². The van der Waals surface area contributed by atoms with Crippen LogP contribution in [0.1, 0.15) is 30.0 Å². The molecule has 3 aromatic rings. The van der Waals surface area contributed by atoms with Gasteiger partial charge in [-0.25, -0.2) is 0 Å². The summed E-state index contributed by atoms with van der Waals surface area (Å²) in [4.78, 5) is 24.4. The number of rotatable bonds is 6. The van der Waals surface area contributed by atoms with Crippen LogP contribution >= 0.6 is 0 Å². The zero-order valence-electron chi connectivity index (χ0n) is 15.5. The van der Waals surface area contributed by atoms with E-state index >= 15 is 0 Å². The molecule has 0 atom stereocenters. The number of nitrogens with one attached hydrogen (secondary N) is 2. The third-order valence-electron chi connectivity index (χ3n) is 4.13. The molecule has 0 aliphatic carbocycles. The smallest absolute Gasteiger partial charge is 0.291 e. The molecule has 1 aromatic heterocycles. The maximum atomic E-state index is 12.7. The molecule has 0 aliphatic rings. The Hall–Kier alpha value is -3.12. The number of hydrogen-bond donors (Lipinski definition) is 2. The van der Waals surface area contributed by atoms with Gasteiger partial charge in [0.1, 0.15) is 5.58 Å². The Bertz CT molecular complexity index is 958. The lowest BCUT2D eigenvalue weighted by Crippen LogP contribution is -2.17. The van der Waals surface area contributed by atoms with Crippen LogP contribution in [-0.4, -0.2) is 18.9 Å². The predicted octanol–water partition coefficient (Wildman–Crippen LogP) is 4.43. The van der Waals surface area contributed by atoms with E-state index in [1.807, 2.05) is 38.1 Å². The first-order chi connectivity index (χ1) is 13.0. The number of amides is 2. The Morgan fingerprint density at radius 1 is 1.00 bits per heavy atom. The van der Waals surface area contributed by atoms with E-state index in [-0.39, 0.29) is 30.1 Å². The number of anilines is 2. The molecule has 2 N–H and O–H groups in total. The van der Waals surface area contributed by atoms with Crippen LogP contribution in [0.2, 0.25) is 0 Å². The molecule has 0 saturated carbocycles. The molecular formula is C21H22N2O4. The lowest BCUT2D eigenvalue weighted by molar-refractivity contribution is -0.118. The highest BCUT2D eigenvalue weighted by Gasteiger charge is 2.20. The van der Waals surface area contributed by atoms with Crippen molar-refractivity contribution in [3.63, 3.8) is 0 Å². The third kappa shape index (κ3) is 4.17. The normalized spacial score (nSPS) is 11.0. The van der Waals surface area contributed by atoms with E-state index in [1.165, 1.54) is 0 Å². The van der Waals surface area contributed by atoms with Gasteiger partial charge in [-0.3, -0.25) is 9.59 Å². The summed E-state index contributed by atoms with van der Waals surface area (Å²) >= 11 is 0. The average molecular weight is 366 g/mol. The van der Waals surface area contributed by atoms with Gasteiger partial charge in [-0.05, 0) is 30.3 Å². The van der Waals surface area contributed by atoms with Gasteiger partial charge in [-0.15, -0.1) is 0 Å². The van der Waals surface area contributed by atoms with E-state index in [0.29, 0.717) is 22.5 Å². The molecule has 0 aliphatic heterocycles. The fourth-order valence-corrected chi connectivity index (χ4v) is 2.68. The SMILES string of the molecule is COCc1c(C(=O)Nc2ccc(NC(=O)C(C)C)cc2)oc2ccccc12. The molecule has 0 unspecified atom stereocenters. The van der Waals surface area contributed by atoms with E-state index in [2.05, 4.69) is 10.6 Å². The van der Waals surface area contributed by atoms with Crippen LogP contribution in [0.15, 0.2) is 52.9 Å². The van der Waals surface area contributed by atoms with Crippen molar-refractivity contribution in [2.45, 2.75) is 20.5 Å². The standard InChI is InChI=1S/C21H22N2O4/c1-13(2)20(24)22-14-8-10-15(11-9-14)23-21(25)19-17(12-26-3)16-6-4-5-7-18(16)27-19/h4-11,13H,12H2,1-3H3,(H,22,24)(H,23,25). The molecule has 140 valence electrons. The Morgan fingerprint density at radius 3 is 2.26 bits per heavy atom. The molecule has 2 amide bonds. The van der Waals surface area contributed by atoms with Gasteiger partial charge in [0.15, 0.2) is 5.76 Å². The van der Waals surface area contributed by atoms with Crippen LogP contribution < -0.4 is 10.6 Å². The molecule has 27 heavy (non-hydrogen) atoms. The lowest BCUT2D eigenvalue weighted by atomic mass is 10.1. The lowest BCUT2D eigenvalue weighted by Gasteiger charge is -2.09. The van der Waals surface area contributed by atoms with E-state index in [4.69, 9.17) is 9.15 Å². The summed E-state index contributed by atoms with van der Waals surface area (Å²) in [5.41, 5.74) is 2.63. The number of hydrogen-bond acceptors (Lipinski definition) is 4. The monoisotopic (exact) mass is 366 g/mol. The molecule has 3 rings (SSSR count). The number of furan rings is 1. The molecule has 0 spiro atoms. The van der Waals surface area contributed by atoms with Gasteiger partial charge < -0.3 is 19.8 Å². The number of ether oxygens (including phenoxy) is 1. The summed E-state index contributed by atoms with van der Waals surface area (Å²) in [7, 11) is 1.58. The maximum Gasteiger partial charge on any atom is 0.291 e. The minimum Gasteiger partial charge on any atom is -0.451 e. The van der Waals surface area contributed by atoms with Gasteiger partial charge in [0, 0.05) is 35.4 Å². The van der Waals surface area contributed by atoms with Crippen LogP contribution in [0.5, 0.6) is 0 Å². The summed E-state index contributed by atoms with van der Waals surface area (Å²) in [5.74, 6) is -0.276. The predicted molar refractivity (Wildman–Crippen MR) is 105 cm³/mol. The Kier molecular flexibility index (Phi) is 5.57. The van der Waals surface area contributed by atoms with Crippen molar-refractivity contribution in [3.05, 3.63) is 59.9 Å². The Balaban J connectivity index is 1.78. The first kappa shape index (κ1) is 18.7. The van der Waals surface area contributed by atoms with Crippen molar-refractivity contribution >= 4 is 34.2 Å². The van der Waals surface area contributed by atoms with Crippen molar-refractivity contribution < 1.29 is 18.7 Å². The summed E-state index contributed by atoms with van der Waals surface area (Å²) in [6.45, 7) is 3.93. The second-order valence-electron chi connectivity index (χ2n) is 6.51. The number of para-hydroxylation sites is 1.